The summed E-state index contributed by atoms with van der Waals surface area (Å²) < 4.78 is 27.3. The van der Waals surface area contributed by atoms with Crippen molar-refractivity contribution in [2.24, 2.45) is 0 Å². The summed E-state index contributed by atoms with van der Waals surface area (Å²) in [5.74, 6) is 0.238. The zero-order chi connectivity index (χ0) is 14.4. The minimum absolute atomic E-state index is 0.136. The van der Waals surface area contributed by atoms with Crippen molar-refractivity contribution in [3.8, 4) is 0 Å². The third kappa shape index (κ3) is 5.31. The molecule has 0 aliphatic carbocycles. The third-order valence-electron chi connectivity index (χ3n) is 4.31. The second-order valence-electron chi connectivity index (χ2n) is 6.16. The molecule has 0 aromatic heterocycles. The van der Waals surface area contributed by atoms with Crippen molar-refractivity contribution in [3.63, 3.8) is 0 Å². The second-order valence-corrected chi connectivity index (χ2v) is 7.96. The van der Waals surface area contributed by atoms with E-state index < -0.39 is 10.0 Å². The molecule has 0 aromatic carbocycles. The molecule has 0 bridgehead atoms. The van der Waals surface area contributed by atoms with Crippen molar-refractivity contribution in [1.82, 2.24) is 14.9 Å². The molecular formula is C14H29N3O2S. The SMILES string of the molecule is CCCN1CCC(NS(=O)(=O)CC2CCCCN2)CC1. The van der Waals surface area contributed by atoms with Crippen LogP contribution in [0.5, 0.6) is 0 Å². The van der Waals surface area contributed by atoms with E-state index in [4.69, 9.17) is 0 Å². The van der Waals surface area contributed by atoms with Gasteiger partial charge in [0, 0.05) is 12.1 Å². The summed E-state index contributed by atoms with van der Waals surface area (Å²) in [4.78, 5) is 2.42. The Kier molecular flexibility index (Phi) is 6.26. The van der Waals surface area contributed by atoms with E-state index >= 15 is 0 Å². The molecule has 0 amide bonds. The van der Waals surface area contributed by atoms with Crippen LogP contribution in [0.15, 0.2) is 0 Å². The molecule has 118 valence electrons. The van der Waals surface area contributed by atoms with Crippen LogP contribution in [0.25, 0.3) is 0 Å². The average molecular weight is 303 g/mol. The number of likely N-dealkylation sites (tertiary alicyclic amines) is 1. The van der Waals surface area contributed by atoms with E-state index in [2.05, 4.69) is 21.9 Å². The Hall–Kier alpha value is -0.170. The number of nitrogens with zero attached hydrogens (tertiary/aromatic N) is 1. The molecule has 2 rings (SSSR count). The standard InChI is InChI=1S/C14H29N3O2S/c1-2-9-17-10-6-13(7-11-17)16-20(18,19)12-14-5-3-4-8-15-14/h13-16H,2-12H2,1H3. The van der Waals surface area contributed by atoms with Crippen LogP contribution in [0.1, 0.15) is 45.4 Å². The van der Waals surface area contributed by atoms with Gasteiger partial charge in [-0.15, -0.1) is 0 Å². The Balaban J connectivity index is 1.74. The van der Waals surface area contributed by atoms with Gasteiger partial charge in [-0.05, 0) is 58.3 Å². The summed E-state index contributed by atoms with van der Waals surface area (Å²) in [5.41, 5.74) is 0. The first-order valence-electron chi connectivity index (χ1n) is 8.05. The summed E-state index contributed by atoms with van der Waals surface area (Å²) in [6, 6.07) is 0.276. The lowest BCUT2D eigenvalue weighted by Gasteiger charge is -2.32. The molecule has 0 radical (unpaired) electrons. The monoisotopic (exact) mass is 303 g/mol. The lowest BCUT2D eigenvalue weighted by atomic mass is 10.1. The maximum absolute atomic E-state index is 12.2. The van der Waals surface area contributed by atoms with Gasteiger partial charge in [-0.3, -0.25) is 0 Å². The first kappa shape index (κ1) is 16.2. The number of nitrogens with one attached hydrogen (secondary N) is 2. The molecule has 6 heteroatoms. The van der Waals surface area contributed by atoms with Crippen LogP contribution in [-0.2, 0) is 10.0 Å². The van der Waals surface area contributed by atoms with Gasteiger partial charge < -0.3 is 10.2 Å². The average Bonchev–Trinajstić information content (AvgIpc) is 2.41. The number of hydrogen-bond donors (Lipinski definition) is 2. The summed E-state index contributed by atoms with van der Waals surface area (Å²) in [5, 5.41) is 3.31. The zero-order valence-electron chi connectivity index (χ0n) is 12.6. The smallest absolute Gasteiger partial charge is 0.213 e. The fraction of sp³-hybridized carbons (Fsp3) is 1.00. The van der Waals surface area contributed by atoms with E-state index in [9.17, 15) is 8.42 Å². The topological polar surface area (TPSA) is 61.4 Å². The predicted molar refractivity (Wildman–Crippen MR) is 82.3 cm³/mol. The summed E-state index contributed by atoms with van der Waals surface area (Å²) in [6.45, 7) is 6.30. The Bertz CT molecular complexity index is 372. The van der Waals surface area contributed by atoms with E-state index in [1.165, 1.54) is 12.8 Å². The first-order valence-corrected chi connectivity index (χ1v) is 9.70. The fourth-order valence-corrected chi connectivity index (χ4v) is 4.88. The van der Waals surface area contributed by atoms with Gasteiger partial charge in [0.2, 0.25) is 10.0 Å². The van der Waals surface area contributed by atoms with E-state index in [0.717, 1.165) is 51.9 Å². The molecule has 2 aliphatic heterocycles. The predicted octanol–water partition coefficient (Wildman–Crippen LogP) is 0.922. The summed E-state index contributed by atoms with van der Waals surface area (Å²) >= 11 is 0. The molecule has 20 heavy (non-hydrogen) atoms. The number of rotatable bonds is 6. The van der Waals surface area contributed by atoms with Gasteiger partial charge in [0.15, 0.2) is 0 Å². The molecule has 0 aromatic rings. The first-order chi connectivity index (χ1) is 9.59. The molecule has 2 N–H and O–H groups in total. The van der Waals surface area contributed by atoms with E-state index in [-0.39, 0.29) is 17.8 Å². The second kappa shape index (κ2) is 7.73. The normalized spacial score (nSPS) is 26.8. The van der Waals surface area contributed by atoms with Gasteiger partial charge >= 0.3 is 0 Å². The van der Waals surface area contributed by atoms with Crippen molar-refractivity contribution in [3.05, 3.63) is 0 Å². The highest BCUT2D eigenvalue weighted by atomic mass is 32.2. The maximum Gasteiger partial charge on any atom is 0.213 e. The van der Waals surface area contributed by atoms with Crippen LogP contribution in [0, 0.1) is 0 Å². The minimum atomic E-state index is -3.14. The van der Waals surface area contributed by atoms with Crippen LogP contribution in [0.2, 0.25) is 0 Å². The molecular weight excluding hydrogens is 274 g/mol. The minimum Gasteiger partial charge on any atom is -0.313 e. The fourth-order valence-electron chi connectivity index (χ4n) is 3.22. The van der Waals surface area contributed by atoms with Crippen LogP contribution >= 0.6 is 0 Å². The zero-order valence-corrected chi connectivity index (χ0v) is 13.4. The molecule has 2 fully saturated rings. The molecule has 5 nitrogen and oxygen atoms in total. The van der Waals surface area contributed by atoms with Crippen molar-refractivity contribution in [2.75, 3.05) is 31.9 Å². The van der Waals surface area contributed by atoms with Gasteiger partial charge in [-0.2, -0.15) is 0 Å². The lowest BCUT2D eigenvalue weighted by Crippen LogP contribution is -2.48. The van der Waals surface area contributed by atoms with Gasteiger partial charge in [-0.25, -0.2) is 13.1 Å². The Labute approximate surface area is 123 Å². The highest BCUT2D eigenvalue weighted by molar-refractivity contribution is 7.89. The van der Waals surface area contributed by atoms with Gasteiger partial charge in [0.1, 0.15) is 0 Å². The number of piperidine rings is 2. The Morgan fingerprint density at radius 1 is 1.20 bits per heavy atom. The van der Waals surface area contributed by atoms with E-state index in [1.807, 2.05) is 0 Å². The molecule has 2 saturated heterocycles. The molecule has 0 saturated carbocycles. The lowest BCUT2D eigenvalue weighted by molar-refractivity contribution is 0.207. The molecule has 2 aliphatic rings. The van der Waals surface area contributed by atoms with Gasteiger partial charge in [0.25, 0.3) is 0 Å². The van der Waals surface area contributed by atoms with Crippen LogP contribution in [0.3, 0.4) is 0 Å². The molecule has 0 spiro atoms. The van der Waals surface area contributed by atoms with Gasteiger partial charge in [-0.1, -0.05) is 13.3 Å². The highest BCUT2D eigenvalue weighted by Crippen LogP contribution is 2.13. The van der Waals surface area contributed by atoms with E-state index in [0.29, 0.717) is 0 Å². The Morgan fingerprint density at radius 2 is 1.95 bits per heavy atom. The number of hydrogen-bond acceptors (Lipinski definition) is 4. The maximum atomic E-state index is 12.2. The summed E-state index contributed by atoms with van der Waals surface area (Å²) in [7, 11) is -3.14. The highest BCUT2D eigenvalue weighted by Gasteiger charge is 2.26. The quantitative estimate of drug-likeness (QED) is 0.766. The van der Waals surface area contributed by atoms with Crippen LogP contribution in [0.4, 0.5) is 0 Å². The largest absolute Gasteiger partial charge is 0.313 e. The van der Waals surface area contributed by atoms with Crippen molar-refractivity contribution in [2.45, 2.75) is 57.5 Å². The summed E-state index contributed by atoms with van der Waals surface area (Å²) in [6.07, 6.45) is 6.34. The molecule has 2 heterocycles. The van der Waals surface area contributed by atoms with Crippen LogP contribution < -0.4 is 10.0 Å². The third-order valence-corrected chi connectivity index (χ3v) is 5.84. The number of sulfonamides is 1. The van der Waals surface area contributed by atoms with Crippen molar-refractivity contribution < 1.29 is 8.42 Å². The van der Waals surface area contributed by atoms with E-state index in [1.54, 1.807) is 0 Å². The van der Waals surface area contributed by atoms with Crippen molar-refractivity contribution >= 4 is 10.0 Å². The van der Waals surface area contributed by atoms with Crippen molar-refractivity contribution in [1.29, 1.82) is 0 Å². The molecule has 1 atom stereocenters. The molecule has 1 unspecified atom stereocenters. The Morgan fingerprint density at radius 3 is 2.55 bits per heavy atom. The van der Waals surface area contributed by atoms with Gasteiger partial charge in [0.05, 0.1) is 5.75 Å². The van der Waals surface area contributed by atoms with Crippen LogP contribution in [-0.4, -0.2) is 57.3 Å².